The molecule has 1 aromatic carbocycles. The number of benzene rings is 1. The van der Waals surface area contributed by atoms with Crippen LogP contribution in [0.4, 0.5) is 0 Å². The molecule has 4 rings (SSSR count). The van der Waals surface area contributed by atoms with Crippen LogP contribution in [0.5, 0.6) is 5.75 Å². The van der Waals surface area contributed by atoms with Crippen molar-refractivity contribution in [2.24, 2.45) is 11.8 Å². The number of carbonyl (C=O) groups is 1. The Morgan fingerprint density at radius 2 is 1.84 bits per heavy atom. The second-order valence-corrected chi connectivity index (χ2v) is 11.3. The fourth-order valence-corrected chi connectivity index (χ4v) is 7.33. The SMILES string of the molecule is COc1ccc(C(=O)N2CCOC3CCCCC32)cc1S(=O)(=O)N1CC(C)CC(C)C1. The molecule has 8 heteroatoms. The first-order valence-electron chi connectivity index (χ1n) is 11.4. The van der Waals surface area contributed by atoms with Crippen LogP contribution in [0.2, 0.25) is 0 Å². The van der Waals surface area contributed by atoms with Crippen LogP contribution in [0.15, 0.2) is 23.1 Å². The van der Waals surface area contributed by atoms with Crippen LogP contribution in [0.3, 0.4) is 0 Å². The van der Waals surface area contributed by atoms with Crippen LogP contribution >= 0.6 is 0 Å². The van der Waals surface area contributed by atoms with Crippen molar-refractivity contribution in [2.75, 3.05) is 33.4 Å². The minimum absolute atomic E-state index is 0.0703. The van der Waals surface area contributed by atoms with E-state index in [9.17, 15) is 13.2 Å². The molecule has 1 saturated carbocycles. The molecular formula is C23H34N2O5S. The average Bonchev–Trinajstić information content (AvgIpc) is 2.77. The number of sulfonamides is 1. The second-order valence-electron chi connectivity index (χ2n) is 9.39. The highest BCUT2D eigenvalue weighted by Gasteiger charge is 2.38. The molecule has 3 aliphatic rings. The standard InChI is InChI=1S/C23H34N2O5S/c1-16-12-17(2)15-24(14-16)31(27,28)22-13-18(8-9-21(22)29-3)23(26)25-10-11-30-20-7-5-4-6-19(20)25/h8-9,13,16-17,19-20H,4-7,10-12,14-15H2,1-3H3. The Labute approximate surface area is 185 Å². The van der Waals surface area contributed by atoms with Gasteiger partial charge in [-0.2, -0.15) is 4.31 Å². The van der Waals surface area contributed by atoms with Gasteiger partial charge in [-0.05, 0) is 49.3 Å². The first-order valence-corrected chi connectivity index (χ1v) is 12.9. The molecule has 0 radical (unpaired) electrons. The molecule has 0 aromatic heterocycles. The minimum Gasteiger partial charge on any atom is -0.495 e. The lowest BCUT2D eigenvalue weighted by molar-refractivity contribution is -0.0752. The van der Waals surface area contributed by atoms with E-state index in [2.05, 4.69) is 13.8 Å². The third kappa shape index (κ3) is 4.47. The molecule has 1 aliphatic carbocycles. The number of ether oxygens (including phenoxy) is 2. The number of methoxy groups -OCH3 is 1. The maximum Gasteiger partial charge on any atom is 0.254 e. The summed E-state index contributed by atoms with van der Waals surface area (Å²) in [5.41, 5.74) is 0.392. The highest BCUT2D eigenvalue weighted by Crippen LogP contribution is 2.34. The van der Waals surface area contributed by atoms with Gasteiger partial charge in [-0.15, -0.1) is 0 Å². The molecule has 4 atom stereocenters. The Balaban J connectivity index is 1.65. The lowest BCUT2D eigenvalue weighted by Gasteiger charge is -2.43. The number of amides is 1. The summed E-state index contributed by atoms with van der Waals surface area (Å²) >= 11 is 0. The van der Waals surface area contributed by atoms with E-state index in [-0.39, 0.29) is 28.7 Å². The van der Waals surface area contributed by atoms with E-state index < -0.39 is 10.0 Å². The van der Waals surface area contributed by atoms with E-state index in [1.165, 1.54) is 13.2 Å². The molecule has 0 bridgehead atoms. The fourth-order valence-electron chi connectivity index (χ4n) is 5.47. The number of fused-ring (bicyclic) bond motifs is 1. The molecule has 3 fully saturated rings. The van der Waals surface area contributed by atoms with Gasteiger partial charge in [0.15, 0.2) is 0 Å². The lowest BCUT2D eigenvalue weighted by Crippen LogP contribution is -2.54. The van der Waals surface area contributed by atoms with Crippen molar-refractivity contribution in [3.63, 3.8) is 0 Å². The zero-order chi connectivity index (χ0) is 22.2. The number of rotatable bonds is 4. The second kappa shape index (κ2) is 9.08. The maximum absolute atomic E-state index is 13.5. The van der Waals surface area contributed by atoms with Crippen molar-refractivity contribution in [2.45, 2.75) is 63.0 Å². The summed E-state index contributed by atoms with van der Waals surface area (Å²) in [7, 11) is -2.30. The normalized spacial score (nSPS) is 30.0. The predicted molar refractivity (Wildman–Crippen MR) is 118 cm³/mol. The number of morpholine rings is 1. The van der Waals surface area contributed by atoms with Crippen LogP contribution in [-0.2, 0) is 14.8 Å². The van der Waals surface area contributed by atoms with E-state index in [4.69, 9.17) is 9.47 Å². The molecule has 31 heavy (non-hydrogen) atoms. The Hall–Kier alpha value is -1.64. The van der Waals surface area contributed by atoms with Gasteiger partial charge in [0.2, 0.25) is 10.0 Å². The summed E-state index contributed by atoms with van der Waals surface area (Å²) in [6.07, 6.45) is 5.22. The van der Waals surface area contributed by atoms with Crippen LogP contribution in [0.1, 0.15) is 56.3 Å². The Kier molecular flexibility index (Phi) is 6.60. The highest BCUT2D eigenvalue weighted by atomic mass is 32.2. The summed E-state index contributed by atoms with van der Waals surface area (Å²) in [6, 6.07) is 4.86. The molecule has 0 N–H and O–H groups in total. The number of nitrogens with zero attached hydrogens (tertiary/aromatic N) is 2. The van der Waals surface area contributed by atoms with Gasteiger partial charge in [-0.3, -0.25) is 4.79 Å². The van der Waals surface area contributed by atoms with Gasteiger partial charge in [-0.25, -0.2) is 8.42 Å². The van der Waals surface area contributed by atoms with E-state index in [0.717, 1.165) is 32.1 Å². The largest absolute Gasteiger partial charge is 0.495 e. The smallest absolute Gasteiger partial charge is 0.254 e. The Morgan fingerprint density at radius 1 is 1.13 bits per heavy atom. The van der Waals surface area contributed by atoms with Crippen molar-refractivity contribution in [3.8, 4) is 5.75 Å². The van der Waals surface area contributed by atoms with E-state index >= 15 is 0 Å². The van der Waals surface area contributed by atoms with Crippen molar-refractivity contribution in [1.82, 2.24) is 9.21 Å². The molecule has 7 nitrogen and oxygen atoms in total. The van der Waals surface area contributed by atoms with Gasteiger partial charge in [0.05, 0.1) is 25.9 Å². The number of carbonyl (C=O) groups excluding carboxylic acids is 1. The summed E-state index contributed by atoms with van der Waals surface area (Å²) in [5.74, 6) is 0.747. The summed E-state index contributed by atoms with van der Waals surface area (Å²) in [4.78, 5) is 15.4. The van der Waals surface area contributed by atoms with Crippen molar-refractivity contribution >= 4 is 15.9 Å². The van der Waals surface area contributed by atoms with Crippen LogP contribution in [0, 0.1) is 11.8 Å². The van der Waals surface area contributed by atoms with Crippen LogP contribution in [-0.4, -0.2) is 69.0 Å². The lowest BCUT2D eigenvalue weighted by atomic mass is 9.89. The summed E-state index contributed by atoms with van der Waals surface area (Å²) in [6.45, 7) is 6.19. The zero-order valence-electron chi connectivity index (χ0n) is 18.7. The maximum atomic E-state index is 13.5. The average molecular weight is 451 g/mol. The van der Waals surface area contributed by atoms with Gasteiger partial charge in [-0.1, -0.05) is 26.7 Å². The molecule has 2 saturated heterocycles. The third-order valence-corrected chi connectivity index (χ3v) is 8.71. The summed E-state index contributed by atoms with van der Waals surface area (Å²) in [5, 5.41) is 0. The molecule has 1 amide bonds. The third-order valence-electron chi connectivity index (χ3n) is 6.86. The molecular weight excluding hydrogens is 416 g/mol. The van der Waals surface area contributed by atoms with Gasteiger partial charge in [0.1, 0.15) is 10.6 Å². The minimum atomic E-state index is -3.77. The van der Waals surface area contributed by atoms with E-state index in [1.807, 2.05) is 4.90 Å². The summed E-state index contributed by atoms with van der Waals surface area (Å²) < 4.78 is 39.9. The van der Waals surface area contributed by atoms with Crippen molar-refractivity contribution in [1.29, 1.82) is 0 Å². The van der Waals surface area contributed by atoms with Crippen LogP contribution < -0.4 is 4.74 Å². The quantitative estimate of drug-likeness (QED) is 0.704. The molecule has 4 unspecified atom stereocenters. The molecule has 2 aliphatic heterocycles. The Bertz CT molecular complexity index is 907. The zero-order valence-corrected chi connectivity index (χ0v) is 19.6. The van der Waals surface area contributed by atoms with Gasteiger partial charge in [0, 0.05) is 25.2 Å². The first kappa shape index (κ1) is 22.6. The molecule has 0 spiro atoms. The fraction of sp³-hybridized carbons (Fsp3) is 0.696. The number of piperidine rings is 1. The number of hydrogen-bond donors (Lipinski definition) is 0. The van der Waals surface area contributed by atoms with Crippen molar-refractivity contribution in [3.05, 3.63) is 23.8 Å². The first-order chi connectivity index (χ1) is 14.8. The van der Waals surface area contributed by atoms with E-state index in [0.29, 0.717) is 43.6 Å². The molecule has 172 valence electrons. The molecule has 1 aromatic rings. The predicted octanol–water partition coefficient (Wildman–Crippen LogP) is 3.15. The Morgan fingerprint density at radius 3 is 2.55 bits per heavy atom. The van der Waals surface area contributed by atoms with Crippen LogP contribution in [0.25, 0.3) is 0 Å². The highest BCUT2D eigenvalue weighted by molar-refractivity contribution is 7.89. The van der Waals surface area contributed by atoms with Gasteiger partial charge < -0.3 is 14.4 Å². The van der Waals surface area contributed by atoms with Crippen molar-refractivity contribution < 1.29 is 22.7 Å². The van der Waals surface area contributed by atoms with Gasteiger partial charge in [0.25, 0.3) is 5.91 Å². The monoisotopic (exact) mass is 450 g/mol. The molecule has 2 heterocycles. The topological polar surface area (TPSA) is 76.1 Å². The number of hydrogen-bond acceptors (Lipinski definition) is 5. The van der Waals surface area contributed by atoms with E-state index in [1.54, 1.807) is 16.4 Å². The van der Waals surface area contributed by atoms with Gasteiger partial charge >= 0.3 is 0 Å².